The molecule has 0 radical (unpaired) electrons. The average Bonchev–Trinajstić information content (AvgIpc) is 2.29. The molecule has 12 heavy (non-hydrogen) atoms. The molecule has 0 N–H and O–H groups in total. The van der Waals surface area contributed by atoms with Crippen LogP contribution in [0.4, 0.5) is 0 Å². The van der Waals surface area contributed by atoms with Gasteiger partial charge in [0.25, 0.3) is 11.2 Å². The van der Waals surface area contributed by atoms with Crippen molar-refractivity contribution in [2.75, 3.05) is 7.11 Å². The molecular weight excluding hydrogens is 178 g/mol. The summed E-state index contributed by atoms with van der Waals surface area (Å²) in [5, 5.41) is 0.122. The van der Waals surface area contributed by atoms with E-state index >= 15 is 0 Å². The molecule has 0 aliphatic carbocycles. The van der Waals surface area contributed by atoms with Crippen LogP contribution in [0.25, 0.3) is 0 Å². The van der Waals surface area contributed by atoms with Gasteiger partial charge in [-0.05, 0) is 11.6 Å². The van der Waals surface area contributed by atoms with Crippen LogP contribution in [0, 0.1) is 0 Å². The molecule has 1 aromatic rings. The van der Waals surface area contributed by atoms with Crippen LogP contribution < -0.4 is 4.74 Å². The van der Waals surface area contributed by atoms with E-state index in [4.69, 9.17) is 20.8 Å². The van der Waals surface area contributed by atoms with Crippen LogP contribution in [0.3, 0.4) is 0 Å². The zero-order chi connectivity index (χ0) is 9.35. The summed E-state index contributed by atoms with van der Waals surface area (Å²) in [5.74, 6) is 1.14. The van der Waals surface area contributed by atoms with Gasteiger partial charge in [0.15, 0.2) is 5.76 Å². The van der Waals surface area contributed by atoms with Gasteiger partial charge in [0.2, 0.25) is 0 Å². The van der Waals surface area contributed by atoms with Crippen molar-refractivity contribution < 1.29 is 9.15 Å². The predicted molar refractivity (Wildman–Crippen MR) is 46.8 cm³/mol. The largest absolute Gasteiger partial charge is 0.478 e. The van der Waals surface area contributed by atoms with Gasteiger partial charge in [-0.3, -0.25) is 0 Å². The maximum absolute atomic E-state index is 5.59. The van der Waals surface area contributed by atoms with Gasteiger partial charge in [-0.25, -0.2) is 0 Å². The SMILES string of the molecule is COc1nc(Cl)oc1C(C)(C)C. The Morgan fingerprint density at radius 2 is 2.00 bits per heavy atom. The van der Waals surface area contributed by atoms with Crippen molar-refractivity contribution in [3.05, 3.63) is 11.1 Å². The lowest BCUT2D eigenvalue weighted by molar-refractivity contribution is 0.349. The van der Waals surface area contributed by atoms with E-state index in [9.17, 15) is 0 Å². The Hall–Kier alpha value is -0.700. The zero-order valence-electron chi connectivity index (χ0n) is 7.64. The first-order valence-electron chi connectivity index (χ1n) is 3.66. The monoisotopic (exact) mass is 189 g/mol. The molecule has 0 saturated heterocycles. The van der Waals surface area contributed by atoms with E-state index in [1.165, 1.54) is 0 Å². The molecular formula is C8H12ClNO2. The van der Waals surface area contributed by atoms with E-state index in [0.717, 1.165) is 0 Å². The summed E-state index contributed by atoms with van der Waals surface area (Å²) in [4.78, 5) is 3.87. The van der Waals surface area contributed by atoms with Crippen molar-refractivity contribution in [2.24, 2.45) is 0 Å². The topological polar surface area (TPSA) is 35.3 Å². The summed E-state index contributed by atoms with van der Waals surface area (Å²) < 4.78 is 10.2. The molecule has 4 heteroatoms. The summed E-state index contributed by atoms with van der Waals surface area (Å²) in [6.07, 6.45) is 0. The first kappa shape index (κ1) is 9.39. The Morgan fingerprint density at radius 1 is 1.42 bits per heavy atom. The minimum atomic E-state index is -0.133. The third kappa shape index (κ3) is 1.72. The van der Waals surface area contributed by atoms with Crippen LogP contribution in [-0.2, 0) is 5.41 Å². The second-order valence-corrected chi connectivity index (χ2v) is 3.88. The van der Waals surface area contributed by atoms with E-state index in [0.29, 0.717) is 11.6 Å². The van der Waals surface area contributed by atoms with Crippen molar-refractivity contribution in [3.63, 3.8) is 0 Å². The number of hydrogen-bond donors (Lipinski definition) is 0. The zero-order valence-corrected chi connectivity index (χ0v) is 8.40. The molecule has 0 saturated carbocycles. The molecule has 0 aromatic carbocycles. The highest BCUT2D eigenvalue weighted by atomic mass is 35.5. The Morgan fingerprint density at radius 3 is 2.33 bits per heavy atom. The molecule has 0 bridgehead atoms. The summed E-state index contributed by atoms with van der Waals surface area (Å²) in [6, 6.07) is 0. The second kappa shape index (κ2) is 2.98. The Kier molecular flexibility index (Phi) is 2.33. The van der Waals surface area contributed by atoms with Crippen LogP contribution in [0.2, 0.25) is 5.35 Å². The summed E-state index contributed by atoms with van der Waals surface area (Å²) in [6.45, 7) is 6.02. The van der Waals surface area contributed by atoms with Gasteiger partial charge in [-0.15, -0.1) is 0 Å². The first-order chi connectivity index (χ1) is 5.45. The van der Waals surface area contributed by atoms with E-state index in [1.807, 2.05) is 20.8 Å². The predicted octanol–water partition coefficient (Wildman–Crippen LogP) is 2.63. The van der Waals surface area contributed by atoms with Crippen molar-refractivity contribution >= 4 is 11.6 Å². The highest BCUT2D eigenvalue weighted by Gasteiger charge is 2.25. The third-order valence-corrected chi connectivity index (χ3v) is 1.61. The van der Waals surface area contributed by atoms with Gasteiger partial charge >= 0.3 is 0 Å². The van der Waals surface area contributed by atoms with Crippen LogP contribution in [0.5, 0.6) is 5.88 Å². The van der Waals surface area contributed by atoms with Gasteiger partial charge in [0, 0.05) is 5.41 Å². The fourth-order valence-electron chi connectivity index (χ4n) is 0.894. The Balaban J connectivity index is 3.13. The highest BCUT2D eigenvalue weighted by Crippen LogP contribution is 2.32. The molecule has 1 heterocycles. The lowest BCUT2D eigenvalue weighted by Gasteiger charge is -2.14. The number of halogens is 1. The average molecular weight is 190 g/mol. The van der Waals surface area contributed by atoms with Gasteiger partial charge < -0.3 is 9.15 Å². The Labute approximate surface area is 76.7 Å². The number of oxazole rings is 1. The van der Waals surface area contributed by atoms with Gasteiger partial charge in [-0.1, -0.05) is 20.8 Å². The minimum absolute atomic E-state index is 0.122. The molecule has 1 aromatic heterocycles. The molecule has 0 unspecified atom stereocenters. The standard InChI is InChI=1S/C8H12ClNO2/c1-8(2,3)5-6(11-4)10-7(9)12-5/h1-4H3. The van der Waals surface area contributed by atoms with Crippen molar-refractivity contribution in [1.29, 1.82) is 0 Å². The van der Waals surface area contributed by atoms with Crippen molar-refractivity contribution in [1.82, 2.24) is 4.98 Å². The quantitative estimate of drug-likeness (QED) is 0.681. The molecule has 1 rings (SSSR count). The lowest BCUT2D eigenvalue weighted by atomic mass is 9.94. The van der Waals surface area contributed by atoms with Crippen molar-refractivity contribution in [2.45, 2.75) is 26.2 Å². The molecule has 0 spiro atoms. The van der Waals surface area contributed by atoms with Gasteiger partial charge in [0.1, 0.15) is 0 Å². The normalized spacial score (nSPS) is 11.8. The molecule has 0 amide bonds. The molecule has 0 aliphatic heterocycles. The molecule has 68 valence electrons. The third-order valence-electron chi connectivity index (χ3n) is 1.44. The smallest absolute Gasteiger partial charge is 0.295 e. The van der Waals surface area contributed by atoms with Crippen molar-refractivity contribution in [3.8, 4) is 5.88 Å². The van der Waals surface area contributed by atoms with Gasteiger partial charge in [0.05, 0.1) is 7.11 Å². The molecule has 3 nitrogen and oxygen atoms in total. The highest BCUT2D eigenvalue weighted by molar-refractivity contribution is 6.27. The second-order valence-electron chi connectivity index (χ2n) is 3.56. The van der Waals surface area contributed by atoms with Crippen LogP contribution >= 0.6 is 11.6 Å². The molecule has 0 aliphatic rings. The molecule has 0 atom stereocenters. The first-order valence-corrected chi connectivity index (χ1v) is 4.03. The van der Waals surface area contributed by atoms with E-state index < -0.39 is 0 Å². The van der Waals surface area contributed by atoms with E-state index in [-0.39, 0.29) is 10.8 Å². The maximum atomic E-state index is 5.59. The molecule has 0 fully saturated rings. The summed E-state index contributed by atoms with van der Waals surface area (Å²) in [5.41, 5.74) is -0.133. The van der Waals surface area contributed by atoms with Crippen LogP contribution in [-0.4, -0.2) is 12.1 Å². The summed E-state index contributed by atoms with van der Waals surface area (Å²) in [7, 11) is 1.55. The number of hydrogen-bond acceptors (Lipinski definition) is 3. The van der Waals surface area contributed by atoms with E-state index in [1.54, 1.807) is 7.11 Å². The fourth-order valence-corrected chi connectivity index (χ4v) is 1.05. The van der Waals surface area contributed by atoms with Crippen LogP contribution in [0.1, 0.15) is 26.5 Å². The van der Waals surface area contributed by atoms with E-state index in [2.05, 4.69) is 4.98 Å². The van der Waals surface area contributed by atoms with Gasteiger partial charge in [-0.2, -0.15) is 4.98 Å². The Bertz CT molecular complexity index is 275. The number of methoxy groups -OCH3 is 1. The number of aromatic nitrogens is 1. The van der Waals surface area contributed by atoms with Crippen LogP contribution in [0.15, 0.2) is 4.42 Å². The number of rotatable bonds is 1. The minimum Gasteiger partial charge on any atom is -0.478 e. The number of ether oxygens (including phenoxy) is 1. The maximum Gasteiger partial charge on any atom is 0.295 e. The number of nitrogens with zero attached hydrogens (tertiary/aromatic N) is 1. The summed E-state index contributed by atoms with van der Waals surface area (Å²) >= 11 is 5.59. The fraction of sp³-hybridized carbons (Fsp3) is 0.625. The lowest BCUT2D eigenvalue weighted by Crippen LogP contribution is -2.11.